The smallest absolute Gasteiger partial charge is 0.321 e. The SMILES string of the molecule is COc1ccc(C2(C(=O)Oc3cccc(C(N)=O)c3)CCCC2)cc1. The van der Waals surface area contributed by atoms with Gasteiger partial charge in [-0.25, -0.2) is 0 Å². The Morgan fingerprint density at radius 2 is 1.68 bits per heavy atom. The molecule has 1 fully saturated rings. The predicted octanol–water partition coefficient (Wildman–Crippen LogP) is 3.21. The molecule has 2 N–H and O–H groups in total. The number of rotatable bonds is 5. The third-order valence-corrected chi connectivity index (χ3v) is 4.82. The molecule has 5 nitrogen and oxygen atoms in total. The number of hydrogen-bond acceptors (Lipinski definition) is 4. The van der Waals surface area contributed by atoms with Crippen LogP contribution < -0.4 is 15.2 Å². The van der Waals surface area contributed by atoms with Gasteiger partial charge in [0, 0.05) is 5.56 Å². The summed E-state index contributed by atoms with van der Waals surface area (Å²) in [6.45, 7) is 0. The molecule has 0 unspecified atom stereocenters. The van der Waals surface area contributed by atoms with Gasteiger partial charge in [-0.2, -0.15) is 0 Å². The van der Waals surface area contributed by atoms with Gasteiger partial charge >= 0.3 is 5.97 Å². The van der Waals surface area contributed by atoms with Crippen LogP contribution in [0.15, 0.2) is 48.5 Å². The number of nitrogens with two attached hydrogens (primary N) is 1. The Hall–Kier alpha value is -2.82. The van der Waals surface area contributed by atoms with E-state index in [1.54, 1.807) is 25.3 Å². The van der Waals surface area contributed by atoms with Crippen molar-refractivity contribution in [2.24, 2.45) is 5.73 Å². The van der Waals surface area contributed by atoms with Gasteiger partial charge in [-0.15, -0.1) is 0 Å². The van der Waals surface area contributed by atoms with Crippen molar-refractivity contribution in [3.63, 3.8) is 0 Å². The molecule has 130 valence electrons. The summed E-state index contributed by atoms with van der Waals surface area (Å²) in [4.78, 5) is 24.3. The highest BCUT2D eigenvalue weighted by Gasteiger charge is 2.44. The van der Waals surface area contributed by atoms with Gasteiger partial charge in [-0.05, 0) is 48.7 Å². The molecule has 3 rings (SSSR count). The van der Waals surface area contributed by atoms with Crippen molar-refractivity contribution in [3.05, 3.63) is 59.7 Å². The van der Waals surface area contributed by atoms with E-state index in [0.29, 0.717) is 11.3 Å². The molecule has 25 heavy (non-hydrogen) atoms. The number of amides is 1. The van der Waals surface area contributed by atoms with E-state index >= 15 is 0 Å². The van der Waals surface area contributed by atoms with Crippen LogP contribution in [-0.4, -0.2) is 19.0 Å². The molecule has 2 aromatic carbocycles. The highest BCUT2D eigenvalue weighted by atomic mass is 16.5. The summed E-state index contributed by atoms with van der Waals surface area (Å²) >= 11 is 0. The van der Waals surface area contributed by atoms with Crippen molar-refractivity contribution in [2.75, 3.05) is 7.11 Å². The van der Waals surface area contributed by atoms with Crippen LogP contribution in [0.4, 0.5) is 0 Å². The van der Waals surface area contributed by atoms with Crippen LogP contribution in [0.3, 0.4) is 0 Å². The second-order valence-corrected chi connectivity index (χ2v) is 6.30. The Morgan fingerprint density at radius 3 is 2.28 bits per heavy atom. The third kappa shape index (κ3) is 3.36. The van der Waals surface area contributed by atoms with Gasteiger partial charge in [0.1, 0.15) is 11.5 Å². The molecule has 0 spiro atoms. The molecule has 2 aromatic rings. The Morgan fingerprint density at radius 1 is 1.00 bits per heavy atom. The fourth-order valence-corrected chi connectivity index (χ4v) is 3.42. The van der Waals surface area contributed by atoms with Crippen LogP contribution in [0.1, 0.15) is 41.6 Å². The Labute approximate surface area is 146 Å². The number of hydrogen-bond donors (Lipinski definition) is 1. The van der Waals surface area contributed by atoms with Crippen LogP contribution in [0, 0.1) is 0 Å². The van der Waals surface area contributed by atoms with Gasteiger partial charge in [0.15, 0.2) is 0 Å². The minimum absolute atomic E-state index is 0.295. The van der Waals surface area contributed by atoms with E-state index in [1.165, 1.54) is 6.07 Å². The largest absolute Gasteiger partial charge is 0.497 e. The number of carbonyl (C=O) groups is 2. The topological polar surface area (TPSA) is 78.6 Å². The summed E-state index contributed by atoms with van der Waals surface area (Å²) in [6, 6.07) is 14.0. The predicted molar refractivity (Wildman–Crippen MR) is 93.7 cm³/mol. The molecule has 0 radical (unpaired) electrons. The molecule has 0 aromatic heterocycles. The molecule has 0 aliphatic heterocycles. The number of carbonyl (C=O) groups excluding carboxylic acids is 2. The van der Waals surface area contributed by atoms with E-state index in [1.807, 2.05) is 24.3 Å². The highest BCUT2D eigenvalue weighted by molar-refractivity contribution is 5.93. The molecule has 0 bridgehead atoms. The van der Waals surface area contributed by atoms with Crippen LogP contribution in [0.25, 0.3) is 0 Å². The summed E-state index contributed by atoms with van der Waals surface area (Å²) in [5.41, 5.74) is 5.88. The van der Waals surface area contributed by atoms with E-state index in [2.05, 4.69) is 0 Å². The molecular weight excluding hydrogens is 318 g/mol. The molecule has 1 aliphatic carbocycles. The summed E-state index contributed by atoms with van der Waals surface area (Å²) in [7, 11) is 1.61. The van der Waals surface area contributed by atoms with Gasteiger partial charge in [0.2, 0.25) is 5.91 Å². The first-order valence-electron chi connectivity index (χ1n) is 8.32. The van der Waals surface area contributed by atoms with Crippen molar-refractivity contribution >= 4 is 11.9 Å². The number of primary amides is 1. The van der Waals surface area contributed by atoms with Gasteiger partial charge in [0.25, 0.3) is 0 Å². The van der Waals surface area contributed by atoms with E-state index in [9.17, 15) is 9.59 Å². The quantitative estimate of drug-likeness (QED) is 0.670. The molecule has 1 aliphatic rings. The summed E-state index contributed by atoms with van der Waals surface area (Å²) in [5.74, 6) is 0.237. The molecule has 5 heteroatoms. The van der Waals surface area contributed by atoms with Crippen LogP contribution >= 0.6 is 0 Å². The Bertz CT molecular complexity index is 777. The normalized spacial score (nSPS) is 15.6. The van der Waals surface area contributed by atoms with Crippen molar-refractivity contribution in [2.45, 2.75) is 31.1 Å². The summed E-state index contributed by atoms with van der Waals surface area (Å²) in [5, 5.41) is 0. The minimum atomic E-state index is -0.658. The molecule has 0 heterocycles. The average Bonchev–Trinajstić information content (AvgIpc) is 3.13. The number of methoxy groups -OCH3 is 1. The van der Waals surface area contributed by atoms with Gasteiger partial charge < -0.3 is 15.2 Å². The first kappa shape index (κ1) is 17.0. The lowest BCUT2D eigenvalue weighted by Gasteiger charge is -2.27. The lowest BCUT2D eigenvalue weighted by atomic mass is 9.79. The maximum absolute atomic E-state index is 13.0. The summed E-state index contributed by atoms with van der Waals surface area (Å²) in [6.07, 6.45) is 3.44. The van der Waals surface area contributed by atoms with E-state index in [-0.39, 0.29) is 5.97 Å². The lowest BCUT2D eigenvalue weighted by molar-refractivity contribution is -0.140. The van der Waals surface area contributed by atoms with E-state index in [0.717, 1.165) is 37.0 Å². The molecule has 1 saturated carbocycles. The minimum Gasteiger partial charge on any atom is -0.497 e. The second kappa shape index (κ2) is 6.97. The van der Waals surface area contributed by atoms with Crippen molar-refractivity contribution in [1.82, 2.24) is 0 Å². The molecular formula is C20H21NO4. The zero-order valence-electron chi connectivity index (χ0n) is 14.2. The van der Waals surface area contributed by atoms with E-state index < -0.39 is 11.3 Å². The van der Waals surface area contributed by atoms with Crippen LogP contribution in [0.5, 0.6) is 11.5 Å². The fraction of sp³-hybridized carbons (Fsp3) is 0.300. The lowest BCUT2D eigenvalue weighted by Crippen LogP contribution is -2.36. The highest BCUT2D eigenvalue weighted by Crippen LogP contribution is 2.42. The number of esters is 1. The zero-order chi connectivity index (χ0) is 17.9. The molecule has 0 atom stereocenters. The van der Waals surface area contributed by atoms with Crippen LogP contribution in [0.2, 0.25) is 0 Å². The summed E-state index contributed by atoms with van der Waals surface area (Å²) < 4.78 is 10.8. The fourth-order valence-electron chi connectivity index (χ4n) is 3.42. The standard InChI is InChI=1S/C20H21NO4/c1-24-16-9-7-15(8-10-16)20(11-2-3-12-20)19(23)25-17-6-4-5-14(13-17)18(21)22/h4-10,13H,2-3,11-12H2,1H3,(H2,21,22). The van der Waals surface area contributed by atoms with Crippen molar-refractivity contribution in [3.8, 4) is 11.5 Å². The molecule has 0 saturated heterocycles. The number of ether oxygens (including phenoxy) is 2. The van der Waals surface area contributed by atoms with E-state index in [4.69, 9.17) is 15.2 Å². The van der Waals surface area contributed by atoms with Crippen molar-refractivity contribution in [1.29, 1.82) is 0 Å². The first-order valence-corrected chi connectivity index (χ1v) is 8.32. The second-order valence-electron chi connectivity index (χ2n) is 6.30. The van der Waals surface area contributed by atoms with Crippen LogP contribution in [-0.2, 0) is 10.2 Å². The Balaban J connectivity index is 1.88. The van der Waals surface area contributed by atoms with Crippen molar-refractivity contribution < 1.29 is 19.1 Å². The third-order valence-electron chi connectivity index (χ3n) is 4.82. The van der Waals surface area contributed by atoms with Gasteiger partial charge in [-0.1, -0.05) is 31.0 Å². The monoisotopic (exact) mass is 339 g/mol. The zero-order valence-corrected chi connectivity index (χ0v) is 14.2. The average molecular weight is 339 g/mol. The number of benzene rings is 2. The maximum Gasteiger partial charge on any atom is 0.321 e. The Kier molecular flexibility index (Phi) is 4.74. The van der Waals surface area contributed by atoms with Gasteiger partial charge in [0.05, 0.1) is 12.5 Å². The molecule has 1 amide bonds. The maximum atomic E-state index is 13.0. The van der Waals surface area contributed by atoms with Gasteiger partial charge in [-0.3, -0.25) is 9.59 Å². The first-order chi connectivity index (χ1) is 12.0.